The summed E-state index contributed by atoms with van der Waals surface area (Å²) < 4.78 is 5.63. The van der Waals surface area contributed by atoms with Crippen LogP contribution in [0.3, 0.4) is 0 Å². The van der Waals surface area contributed by atoms with Crippen molar-refractivity contribution < 1.29 is 9.53 Å². The molecule has 1 unspecified atom stereocenters. The highest BCUT2D eigenvalue weighted by Crippen LogP contribution is 2.15. The lowest BCUT2D eigenvalue weighted by Gasteiger charge is -2.22. The maximum Gasteiger partial charge on any atom is 0.255 e. The maximum atomic E-state index is 12.0. The molecule has 0 aromatic carbocycles. The van der Waals surface area contributed by atoms with E-state index in [0.717, 1.165) is 25.9 Å². The predicted molar refractivity (Wildman–Crippen MR) is 74.3 cm³/mol. The van der Waals surface area contributed by atoms with Crippen LogP contribution in [-0.4, -0.2) is 37.2 Å². The number of hydrogen-bond donors (Lipinski definition) is 2. The molecule has 104 valence electrons. The lowest BCUT2D eigenvalue weighted by Crippen LogP contribution is -2.30. The molecular formula is C14H21N3O2. The summed E-state index contributed by atoms with van der Waals surface area (Å²) >= 11 is 0. The van der Waals surface area contributed by atoms with Gasteiger partial charge in [-0.05, 0) is 37.8 Å². The fourth-order valence-electron chi connectivity index (χ4n) is 2.26. The number of aromatic nitrogens is 1. The number of pyridine rings is 1. The summed E-state index contributed by atoms with van der Waals surface area (Å²) in [6.07, 6.45) is 6.32. The van der Waals surface area contributed by atoms with Crippen molar-refractivity contribution in [2.75, 3.05) is 25.5 Å². The van der Waals surface area contributed by atoms with Crippen LogP contribution >= 0.6 is 0 Å². The Kier molecular flexibility index (Phi) is 5.15. The van der Waals surface area contributed by atoms with E-state index < -0.39 is 0 Å². The van der Waals surface area contributed by atoms with Crippen molar-refractivity contribution in [3.05, 3.63) is 23.9 Å². The molecule has 2 rings (SSSR count). The summed E-state index contributed by atoms with van der Waals surface area (Å²) in [4.78, 5) is 16.2. The third-order valence-corrected chi connectivity index (χ3v) is 3.32. The zero-order valence-corrected chi connectivity index (χ0v) is 11.3. The van der Waals surface area contributed by atoms with E-state index in [1.165, 1.54) is 6.42 Å². The second-order valence-electron chi connectivity index (χ2n) is 4.68. The molecule has 19 heavy (non-hydrogen) atoms. The summed E-state index contributed by atoms with van der Waals surface area (Å²) in [6, 6.07) is 3.53. The van der Waals surface area contributed by atoms with Gasteiger partial charge in [-0.2, -0.15) is 0 Å². The van der Waals surface area contributed by atoms with E-state index in [2.05, 4.69) is 15.6 Å². The first-order valence-corrected chi connectivity index (χ1v) is 6.84. The minimum atomic E-state index is -0.0896. The molecule has 2 heterocycles. The number of anilines is 1. The first-order chi connectivity index (χ1) is 9.31. The number of rotatable bonds is 5. The van der Waals surface area contributed by atoms with Crippen LogP contribution in [-0.2, 0) is 4.74 Å². The first kappa shape index (κ1) is 13.8. The Bertz CT molecular complexity index is 417. The molecule has 1 amide bonds. The second kappa shape index (κ2) is 7.09. The molecule has 0 bridgehead atoms. The Balaban J connectivity index is 1.80. The van der Waals surface area contributed by atoms with Gasteiger partial charge in [-0.1, -0.05) is 0 Å². The molecule has 2 N–H and O–H groups in total. The number of carbonyl (C=O) groups is 1. The van der Waals surface area contributed by atoms with E-state index in [1.54, 1.807) is 25.4 Å². The quantitative estimate of drug-likeness (QED) is 0.850. The smallest absolute Gasteiger partial charge is 0.255 e. The Morgan fingerprint density at radius 2 is 2.42 bits per heavy atom. The van der Waals surface area contributed by atoms with Crippen LogP contribution in [0.2, 0.25) is 0 Å². The standard InChI is InChI=1S/C14H21N3O2/c1-15-13-12(6-4-8-16-13)14(18)17-9-7-11-5-2-3-10-19-11/h4,6,8,11H,2-3,5,7,9-10H2,1H3,(H,15,16)(H,17,18). The molecule has 1 aromatic heterocycles. The molecule has 1 atom stereocenters. The van der Waals surface area contributed by atoms with E-state index in [4.69, 9.17) is 4.74 Å². The lowest BCUT2D eigenvalue weighted by atomic mass is 10.1. The SMILES string of the molecule is CNc1ncccc1C(=O)NCCC1CCCCO1. The third kappa shape index (κ3) is 3.92. The van der Waals surface area contributed by atoms with E-state index in [0.29, 0.717) is 24.0 Å². The number of amides is 1. The molecule has 1 aliphatic rings. The van der Waals surface area contributed by atoms with E-state index >= 15 is 0 Å². The van der Waals surface area contributed by atoms with Gasteiger partial charge < -0.3 is 15.4 Å². The van der Waals surface area contributed by atoms with E-state index in [9.17, 15) is 4.79 Å². The zero-order valence-electron chi connectivity index (χ0n) is 11.3. The summed E-state index contributed by atoms with van der Waals surface area (Å²) in [6.45, 7) is 1.49. The van der Waals surface area contributed by atoms with Crippen molar-refractivity contribution in [3.63, 3.8) is 0 Å². The highest BCUT2D eigenvalue weighted by atomic mass is 16.5. The molecule has 0 aliphatic carbocycles. The molecule has 1 aliphatic heterocycles. The number of nitrogens with one attached hydrogen (secondary N) is 2. The molecule has 0 radical (unpaired) electrons. The molecule has 5 nitrogen and oxygen atoms in total. The predicted octanol–water partition coefficient (Wildman–Crippen LogP) is 1.81. The van der Waals surface area contributed by atoms with Gasteiger partial charge in [0.05, 0.1) is 11.7 Å². The Labute approximate surface area is 113 Å². The largest absolute Gasteiger partial charge is 0.378 e. The van der Waals surface area contributed by atoms with Gasteiger partial charge in [0, 0.05) is 26.4 Å². The van der Waals surface area contributed by atoms with Gasteiger partial charge in [-0.25, -0.2) is 4.98 Å². The van der Waals surface area contributed by atoms with Crippen molar-refractivity contribution in [1.29, 1.82) is 0 Å². The van der Waals surface area contributed by atoms with Crippen LogP contribution in [0, 0.1) is 0 Å². The normalized spacial score (nSPS) is 18.9. The van der Waals surface area contributed by atoms with Crippen LogP contribution < -0.4 is 10.6 Å². The number of carbonyl (C=O) groups excluding carboxylic acids is 1. The minimum Gasteiger partial charge on any atom is -0.378 e. The minimum absolute atomic E-state index is 0.0896. The number of ether oxygens (including phenoxy) is 1. The fraction of sp³-hybridized carbons (Fsp3) is 0.571. The van der Waals surface area contributed by atoms with Gasteiger partial charge in [0.2, 0.25) is 0 Å². The van der Waals surface area contributed by atoms with Crippen molar-refractivity contribution in [1.82, 2.24) is 10.3 Å². The van der Waals surface area contributed by atoms with Gasteiger partial charge in [0.25, 0.3) is 5.91 Å². The first-order valence-electron chi connectivity index (χ1n) is 6.84. The highest BCUT2D eigenvalue weighted by Gasteiger charge is 2.15. The van der Waals surface area contributed by atoms with Gasteiger partial charge >= 0.3 is 0 Å². The summed E-state index contributed by atoms with van der Waals surface area (Å²) in [5, 5.41) is 5.84. The van der Waals surface area contributed by atoms with Crippen molar-refractivity contribution >= 4 is 11.7 Å². The molecule has 1 aromatic rings. The molecule has 1 fully saturated rings. The van der Waals surface area contributed by atoms with Gasteiger partial charge in [0.15, 0.2) is 0 Å². The Morgan fingerprint density at radius 1 is 1.53 bits per heavy atom. The van der Waals surface area contributed by atoms with Crippen molar-refractivity contribution in [2.45, 2.75) is 31.8 Å². The average molecular weight is 263 g/mol. The number of hydrogen-bond acceptors (Lipinski definition) is 4. The van der Waals surface area contributed by atoms with Crippen LogP contribution in [0.15, 0.2) is 18.3 Å². The second-order valence-corrected chi connectivity index (χ2v) is 4.68. The van der Waals surface area contributed by atoms with Crippen LogP contribution in [0.1, 0.15) is 36.0 Å². The van der Waals surface area contributed by atoms with Crippen LogP contribution in [0.5, 0.6) is 0 Å². The van der Waals surface area contributed by atoms with E-state index in [1.807, 2.05) is 0 Å². The van der Waals surface area contributed by atoms with Crippen LogP contribution in [0.25, 0.3) is 0 Å². The van der Waals surface area contributed by atoms with Gasteiger partial charge in [-0.15, -0.1) is 0 Å². The number of nitrogens with zero attached hydrogens (tertiary/aromatic N) is 1. The zero-order chi connectivity index (χ0) is 13.5. The third-order valence-electron chi connectivity index (χ3n) is 3.32. The molecular weight excluding hydrogens is 242 g/mol. The van der Waals surface area contributed by atoms with Crippen molar-refractivity contribution in [3.8, 4) is 0 Å². The van der Waals surface area contributed by atoms with E-state index in [-0.39, 0.29) is 5.91 Å². The molecule has 5 heteroatoms. The average Bonchev–Trinajstić information content (AvgIpc) is 2.48. The monoisotopic (exact) mass is 263 g/mol. The fourth-order valence-corrected chi connectivity index (χ4v) is 2.26. The summed E-state index contributed by atoms with van der Waals surface area (Å²) in [5.41, 5.74) is 0.578. The summed E-state index contributed by atoms with van der Waals surface area (Å²) in [7, 11) is 1.76. The molecule has 1 saturated heterocycles. The Morgan fingerprint density at radius 3 is 3.16 bits per heavy atom. The molecule has 0 spiro atoms. The lowest BCUT2D eigenvalue weighted by molar-refractivity contribution is 0.0117. The van der Waals surface area contributed by atoms with Crippen molar-refractivity contribution in [2.24, 2.45) is 0 Å². The van der Waals surface area contributed by atoms with Gasteiger partial charge in [0.1, 0.15) is 5.82 Å². The summed E-state index contributed by atoms with van der Waals surface area (Å²) in [5.74, 6) is 0.516. The maximum absolute atomic E-state index is 12.0. The highest BCUT2D eigenvalue weighted by molar-refractivity contribution is 5.98. The topological polar surface area (TPSA) is 63.2 Å². The molecule has 0 saturated carbocycles. The van der Waals surface area contributed by atoms with Gasteiger partial charge in [-0.3, -0.25) is 4.79 Å². The van der Waals surface area contributed by atoms with Crippen LogP contribution in [0.4, 0.5) is 5.82 Å². The Hall–Kier alpha value is -1.62.